The number of likely N-dealkylation sites (tertiary alicyclic amines) is 1. The van der Waals surface area contributed by atoms with Crippen molar-refractivity contribution in [3.8, 4) is 11.5 Å². The lowest BCUT2D eigenvalue weighted by atomic mass is 9.96. The van der Waals surface area contributed by atoms with Crippen LogP contribution in [0.5, 0.6) is 0 Å². The molecule has 1 atom stereocenters. The number of hydrogen-bond donors (Lipinski definition) is 1. The summed E-state index contributed by atoms with van der Waals surface area (Å²) < 4.78 is 5.43. The average Bonchev–Trinajstić information content (AvgIpc) is 3.11. The third kappa shape index (κ3) is 3.74. The Morgan fingerprint density at radius 3 is 2.80 bits per heavy atom. The molecule has 1 amide bonds. The molecule has 1 aromatic heterocycles. The van der Waals surface area contributed by atoms with E-state index in [1.54, 1.807) is 6.07 Å². The van der Waals surface area contributed by atoms with Crippen LogP contribution < -0.4 is 0 Å². The van der Waals surface area contributed by atoms with E-state index in [-0.39, 0.29) is 23.8 Å². The maximum atomic E-state index is 13.0. The van der Waals surface area contributed by atoms with Crippen molar-refractivity contribution in [2.75, 3.05) is 19.7 Å². The lowest BCUT2D eigenvalue weighted by Gasteiger charge is -2.32. The first-order chi connectivity index (χ1) is 11.9. The molecule has 0 saturated carbocycles. The molecule has 134 valence electrons. The first-order valence-electron chi connectivity index (χ1n) is 8.74. The van der Waals surface area contributed by atoms with Crippen molar-refractivity contribution in [3.05, 3.63) is 35.7 Å². The van der Waals surface area contributed by atoms with Gasteiger partial charge >= 0.3 is 0 Å². The van der Waals surface area contributed by atoms with Crippen LogP contribution in [0.2, 0.25) is 0 Å². The predicted molar refractivity (Wildman–Crippen MR) is 94.1 cm³/mol. The standard InChI is InChI=1S/C19H25N3O3/c1-19(2,3)18-20-16(25-21-18)14-8-4-5-9-15(14)17(24)22-10-6-7-13(11-22)12-23/h4-5,8-9,13,23H,6-7,10-12H2,1-3H3. The second-order valence-corrected chi connectivity index (χ2v) is 7.66. The predicted octanol–water partition coefficient (Wildman–Crippen LogP) is 2.88. The van der Waals surface area contributed by atoms with E-state index in [1.165, 1.54) is 0 Å². The largest absolute Gasteiger partial charge is 0.396 e. The number of benzene rings is 1. The van der Waals surface area contributed by atoms with Crippen molar-refractivity contribution in [1.82, 2.24) is 15.0 Å². The number of rotatable bonds is 3. The van der Waals surface area contributed by atoms with E-state index in [9.17, 15) is 9.90 Å². The van der Waals surface area contributed by atoms with Crippen molar-refractivity contribution >= 4 is 5.91 Å². The maximum absolute atomic E-state index is 13.0. The molecule has 1 N–H and O–H groups in total. The van der Waals surface area contributed by atoms with Crippen LogP contribution in [0.3, 0.4) is 0 Å². The lowest BCUT2D eigenvalue weighted by Crippen LogP contribution is -2.41. The third-order valence-electron chi connectivity index (χ3n) is 4.55. The van der Waals surface area contributed by atoms with Gasteiger partial charge in [-0.05, 0) is 30.9 Å². The quantitative estimate of drug-likeness (QED) is 0.927. The van der Waals surface area contributed by atoms with Crippen molar-refractivity contribution < 1.29 is 14.4 Å². The van der Waals surface area contributed by atoms with Gasteiger partial charge in [-0.3, -0.25) is 4.79 Å². The van der Waals surface area contributed by atoms with Crippen LogP contribution in [0.25, 0.3) is 11.5 Å². The fourth-order valence-corrected chi connectivity index (χ4v) is 3.06. The zero-order chi connectivity index (χ0) is 18.0. The molecule has 2 aromatic rings. The maximum Gasteiger partial charge on any atom is 0.258 e. The highest BCUT2D eigenvalue weighted by molar-refractivity contribution is 6.00. The molecule has 1 aliphatic rings. The van der Waals surface area contributed by atoms with E-state index in [0.29, 0.717) is 35.9 Å². The van der Waals surface area contributed by atoms with E-state index in [2.05, 4.69) is 10.1 Å². The normalized spacial score (nSPS) is 18.4. The van der Waals surface area contributed by atoms with E-state index in [1.807, 2.05) is 43.9 Å². The summed E-state index contributed by atoms with van der Waals surface area (Å²) in [7, 11) is 0. The van der Waals surface area contributed by atoms with Crippen LogP contribution in [0.4, 0.5) is 0 Å². The summed E-state index contributed by atoms with van der Waals surface area (Å²) in [5.74, 6) is 1.08. The summed E-state index contributed by atoms with van der Waals surface area (Å²) in [5, 5.41) is 13.5. The van der Waals surface area contributed by atoms with Crippen LogP contribution in [-0.4, -0.2) is 45.8 Å². The van der Waals surface area contributed by atoms with Crippen molar-refractivity contribution in [3.63, 3.8) is 0 Å². The van der Waals surface area contributed by atoms with Crippen molar-refractivity contribution in [1.29, 1.82) is 0 Å². The van der Waals surface area contributed by atoms with Crippen LogP contribution >= 0.6 is 0 Å². The summed E-state index contributed by atoms with van der Waals surface area (Å²) in [6.07, 6.45) is 1.87. The van der Waals surface area contributed by atoms with Gasteiger partial charge in [0.1, 0.15) is 0 Å². The molecule has 25 heavy (non-hydrogen) atoms. The molecule has 1 aromatic carbocycles. The monoisotopic (exact) mass is 343 g/mol. The Morgan fingerprint density at radius 1 is 1.36 bits per heavy atom. The van der Waals surface area contributed by atoms with Gasteiger partial charge in [0.25, 0.3) is 11.8 Å². The molecule has 0 bridgehead atoms. The molecule has 6 nitrogen and oxygen atoms in total. The summed E-state index contributed by atoms with van der Waals surface area (Å²) >= 11 is 0. The molecule has 1 fully saturated rings. The van der Waals surface area contributed by atoms with Crippen molar-refractivity contribution in [2.45, 2.75) is 39.0 Å². The van der Waals surface area contributed by atoms with Crippen LogP contribution in [0, 0.1) is 5.92 Å². The number of carbonyl (C=O) groups excluding carboxylic acids is 1. The number of aliphatic hydroxyl groups excluding tert-OH is 1. The highest BCUT2D eigenvalue weighted by atomic mass is 16.5. The van der Waals surface area contributed by atoms with Gasteiger partial charge in [-0.25, -0.2) is 0 Å². The van der Waals surface area contributed by atoms with Gasteiger partial charge in [-0.2, -0.15) is 4.98 Å². The first kappa shape index (κ1) is 17.6. The van der Waals surface area contributed by atoms with Crippen molar-refractivity contribution in [2.24, 2.45) is 5.92 Å². The molecular formula is C19H25N3O3. The van der Waals surface area contributed by atoms with Crippen LogP contribution in [0.15, 0.2) is 28.8 Å². The van der Waals surface area contributed by atoms with Gasteiger partial charge in [-0.1, -0.05) is 38.1 Å². The molecule has 3 rings (SSSR count). The molecule has 2 heterocycles. The number of aromatic nitrogens is 2. The SMILES string of the molecule is CC(C)(C)c1noc(-c2ccccc2C(=O)N2CCCC(CO)C2)n1. The van der Waals surface area contributed by atoms with Crippen LogP contribution in [-0.2, 0) is 5.41 Å². The van der Waals surface area contributed by atoms with E-state index >= 15 is 0 Å². The van der Waals surface area contributed by atoms with Gasteiger partial charge in [0.05, 0.1) is 11.1 Å². The van der Waals surface area contributed by atoms with Gasteiger partial charge in [-0.15, -0.1) is 0 Å². The summed E-state index contributed by atoms with van der Waals surface area (Å²) in [4.78, 5) is 19.3. The highest BCUT2D eigenvalue weighted by Gasteiger charge is 2.28. The Labute approximate surface area is 147 Å². The number of piperidine rings is 1. The summed E-state index contributed by atoms with van der Waals surface area (Å²) in [6.45, 7) is 7.45. The highest BCUT2D eigenvalue weighted by Crippen LogP contribution is 2.28. The third-order valence-corrected chi connectivity index (χ3v) is 4.55. The number of amides is 1. The molecule has 0 aliphatic carbocycles. The summed E-state index contributed by atoms with van der Waals surface area (Å²) in [5.41, 5.74) is 0.994. The van der Waals surface area contributed by atoms with Gasteiger partial charge < -0.3 is 14.5 Å². The fourth-order valence-electron chi connectivity index (χ4n) is 3.06. The molecule has 0 radical (unpaired) electrons. The Balaban J connectivity index is 1.91. The van der Waals surface area contributed by atoms with E-state index in [4.69, 9.17) is 4.52 Å². The first-order valence-corrected chi connectivity index (χ1v) is 8.74. The lowest BCUT2D eigenvalue weighted by molar-refractivity contribution is 0.0621. The number of nitrogens with zero attached hydrogens (tertiary/aromatic N) is 3. The second kappa shape index (κ2) is 6.96. The Kier molecular flexibility index (Phi) is 4.90. The average molecular weight is 343 g/mol. The smallest absolute Gasteiger partial charge is 0.258 e. The number of hydrogen-bond acceptors (Lipinski definition) is 5. The van der Waals surface area contributed by atoms with E-state index in [0.717, 1.165) is 12.8 Å². The Hall–Kier alpha value is -2.21. The molecular weight excluding hydrogens is 318 g/mol. The van der Waals surface area contributed by atoms with Gasteiger partial charge in [0.2, 0.25) is 0 Å². The topological polar surface area (TPSA) is 79.5 Å². The fraction of sp³-hybridized carbons (Fsp3) is 0.526. The second-order valence-electron chi connectivity index (χ2n) is 7.66. The Bertz CT molecular complexity index is 748. The van der Waals surface area contributed by atoms with Crippen LogP contribution in [0.1, 0.15) is 49.8 Å². The zero-order valence-electron chi connectivity index (χ0n) is 15.0. The molecule has 1 unspecified atom stereocenters. The number of aliphatic hydroxyl groups is 1. The van der Waals surface area contributed by atoms with Gasteiger partial charge in [0, 0.05) is 25.1 Å². The molecule has 1 saturated heterocycles. The minimum absolute atomic E-state index is 0.0516. The molecule has 6 heteroatoms. The molecule has 1 aliphatic heterocycles. The Morgan fingerprint density at radius 2 is 2.12 bits per heavy atom. The molecule has 0 spiro atoms. The zero-order valence-corrected chi connectivity index (χ0v) is 15.0. The minimum atomic E-state index is -0.220. The number of carbonyl (C=O) groups is 1. The van der Waals surface area contributed by atoms with E-state index < -0.39 is 0 Å². The summed E-state index contributed by atoms with van der Waals surface area (Å²) in [6, 6.07) is 7.33. The van der Waals surface area contributed by atoms with Gasteiger partial charge in [0.15, 0.2) is 5.82 Å². The minimum Gasteiger partial charge on any atom is -0.396 e.